The molecule has 1 rings (SSSR count). The van der Waals surface area contributed by atoms with E-state index in [1.807, 2.05) is 21.6 Å². The summed E-state index contributed by atoms with van der Waals surface area (Å²) in [6, 6.07) is 0. The molecule has 8 heteroatoms. The van der Waals surface area contributed by atoms with Gasteiger partial charge in [0.2, 0.25) is 0 Å². The van der Waals surface area contributed by atoms with Gasteiger partial charge in [0.05, 0.1) is 13.2 Å². The van der Waals surface area contributed by atoms with E-state index in [9.17, 15) is 9.59 Å². The Kier molecular flexibility index (Phi) is 11.0. The second-order valence-electron chi connectivity index (χ2n) is 4.91. The lowest BCUT2D eigenvalue weighted by atomic mass is 10.1. The van der Waals surface area contributed by atoms with Crippen molar-refractivity contribution >= 4 is 45.3 Å². The van der Waals surface area contributed by atoms with E-state index in [2.05, 4.69) is 4.74 Å². The summed E-state index contributed by atoms with van der Waals surface area (Å²) in [7, 11) is 3.91. The predicted molar refractivity (Wildman–Crippen MR) is 90.2 cm³/mol. The molecule has 0 amide bonds. The van der Waals surface area contributed by atoms with Crippen molar-refractivity contribution in [1.29, 1.82) is 0 Å². The Balaban J connectivity index is 1.87. The van der Waals surface area contributed by atoms with Gasteiger partial charge in [0, 0.05) is 23.8 Å². The molecule has 1 aliphatic rings. The number of carbonyl (C=O) groups excluding carboxylic acids is 2. The van der Waals surface area contributed by atoms with Gasteiger partial charge in [-0.3, -0.25) is 4.79 Å². The van der Waals surface area contributed by atoms with Crippen LogP contribution in [-0.2, 0) is 19.0 Å². The van der Waals surface area contributed by atoms with Gasteiger partial charge in [-0.2, -0.15) is 0 Å². The highest BCUT2D eigenvalue weighted by Crippen LogP contribution is 2.39. The van der Waals surface area contributed by atoms with Crippen LogP contribution >= 0.6 is 33.2 Å². The Morgan fingerprint density at radius 1 is 1.23 bits per heavy atom. The average Bonchev–Trinajstić information content (AvgIpc) is 2.95. The maximum atomic E-state index is 11.5. The largest absolute Gasteiger partial charge is 0.509 e. The van der Waals surface area contributed by atoms with E-state index >= 15 is 0 Å². The van der Waals surface area contributed by atoms with Crippen molar-refractivity contribution < 1.29 is 23.8 Å². The topological polar surface area (TPSA) is 61.8 Å². The lowest BCUT2D eigenvalue weighted by molar-refractivity contribution is -0.144. The molecule has 1 aliphatic heterocycles. The van der Waals surface area contributed by atoms with Crippen molar-refractivity contribution in [2.24, 2.45) is 0 Å². The van der Waals surface area contributed by atoms with Crippen molar-refractivity contribution in [2.75, 3.05) is 19.0 Å². The number of hydrogen-bond acceptors (Lipinski definition) is 7. The van der Waals surface area contributed by atoms with Crippen LogP contribution in [0.25, 0.3) is 0 Å². The van der Waals surface area contributed by atoms with Gasteiger partial charge in [-0.05, 0) is 26.2 Å². The van der Waals surface area contributed by atoms with Gasteiger partial charge in [0.1, 0.15) is 0 Å². The van der Waals surface area contributed by atoms with E-state index in [0.29, 0.717) is 12.8 Å². The molecule has 0 aliphatic carbocycles. The fraction of sp³-hybridized carbons (Fsp3) is 0.857. The summed E-state index contributed by atoms with van der Waals surface area (Å²) in [5.41, 5.74) is -0.716. The van der Waals surface area contributed by atoms with Crippen molar-refractivity contribution in [3.8, 4) is 0 Å². The standard InChI is InChI=1S/C14H23ClO5S2/c1-11(15)20-14(17)19-9-4-8-18-13(16)6-3-2-5-12-7-10-21-22-12/h11-12H,2-10H2,1H3/t11?,12-/m1/s1. The molecule has 1 unspecified atom stereocenters. The average molecular weight is 371 g/mol. The number of hydrogen-bond donors (Lipinski definition) is 0. The molecule has 0 aromatic carbocycles. The van der Waals surface area contributed by atoms with Crippen LogP contribution in [0.4, 0.5) is 4.79 Å². The molecule has 0 aromatic heterocycles. The number of alkyl halides is 1. The van der Waals surface area contributed by atoms with Crippen LogP contribution in [0.3, 0.4) is 0 Å². The van der Waals surface area contributed by atoms with Gasteiger partial charge < -0.3 is 14.2 Å². The summed E-state index contributed by atoms with van der Waals surface area (Å²) >= 11 is 5.46. The predicted octanol–water partition coefficient (Wildman–Crippen LogP) is 4.37. The third-order valence-corrected chi connectivity index (χ3v) is 6.01. The lowest BCUT2D eigenvalue weighted by Gasteiger charge is -2.08. The van der Waals surface area contributed by atoms with Gasteiger partial charge in [-0.1, -0.05) is 39.6 Å². The first kappa shape index (κ1) is 19.8. The molecule has 22 heavy (non-hydrogen) atoms. The molecule has 1 saturated heterocycles. The van der Waals surface area contributed by atoms with E-state index in [1.165, 1.54) is 25.5 Å². The van der Waals surface area contributed by atoms with Gasteiger partial charge in [0.15, 0.2) is 5.56 Å². The number of halogens is 1. The molecule has 2 atom stereocenters. The summed E-state index contributed by atoms with van der Waals surface area (Å²) in [4.78, 5) is 22.5. The first-order valence-corrected chi connectivity index (χ1v) is 10.3. The third-order valence-electron chi connectivity index (χ3n) is 2.91. The van der Waals surface area contributed by atoms with E-state index in [4.69, 9.17) is 21.1 Å². The summed E-state index contributed by atoms with van der Waals surface area (Å²) in [6.45, 7) is 1.92. The van der Waals surface area contributed by atoms with Crippen LogP contribution in [0.2, 0.25) is 0 Å². The molecule has 5 nitrogen and oxygen atoms in total. The van der Waals surface area contributed by atoms with Gasteiger partial charge >= 0.3 is 12.1 Å². The lowest BCUT2D eigenvalue weighted by Crippen LogP contribution is -2.14. The number of rotatable bonds is 10. The highest BCUT2D eigenvalue weighted by atomic mass is 35.5. The molecule has 0 aromatic rings. The van der Waals surface area contributed by atoms with Crippen molar-refractivity contribution in [2.45, 2.75) is 56.3 Å². The molecule has 128 valence electrons. The van der Waals surface area contributed by atoms with Gasteiger partial charge in [-0.25, -0.2) is 4.79 Å². The zero-order valence-electron chi connectivity index (χ0n) is 12.8. The van der Waals surface area contributed by atoms with Crippen molar-refractivity contribution in [3.63, 3.8) is 0 Å². The third kappa shape index (κ3) is 10.5. The second-order valence-corrected chi connectivity index (χ2v) is 8.31. The van der Waals surface area contributed by atoms with Crippen molar-refractivity contribution in [1.82, 2.24) is 0 Å². The minimum Gasteiger partial charge on any atom is -0.466 e. The zero-order valence-corrected chi connectivity index (χ0v) is 15.1. The summed E-state index contributed by atoms with van der Waals surface area (Å²) in [5.74, 6) is 1.06. The Bertz CT molecular complexity index is 335. The highest BCUT2D eigenvalue weighted by molar-refractivity contribution is 8.77. The Labute approximate surface area is 144 Å². The molecular formula is C14H23ClO5S2. The number of ether oxygens (including phenoxy) is 3. The maximum Gasteiger partial charge on any atom is 0.509 e. The summed E-state index contributed by atoms with van der Waals surface area (Å²) < 4.78 is 14.4. The number of carbonyl (C=O) groups is 2. The normalized spacial score (nSPS) is 18.7. The van der Waals surface area contributed by atoms with Gasteiger partial charge in [-0.15, -0.1) is 0 Å². The smallest absolute Gasteiger partial charge is 0.466 e. The molecule has 0 bridgehead atoms. The van der Waals surface area contributed by atoms with E-state index in [1.54, 1.807) is 0 Å². The Morgan fingerprint density at radius 3 is 2.68 bits per heavy atom. The zero-order chi connectivity index (χ0) is 16.2. The fourth-order valence-corrected chi connectivity index (χ4v) is 4.95. The minimum atomic E-state index is -0.809. The fourth-order valence-electron chi connectivity index (χ4n) is 1.85. The molecule has 0 N–H and O–H groups in total. The van der Waals surface area contributed by atoms with Gasteiger partial charge in [0.25, 0.3) is 0 Å². The van der Waals surface area contributed by atoms with Crippen LogP contribution in [0.5, 0.6) is 0 Å². The van der Waals surface area contributed by atoms with Crippen LogP contribution in [0.15, 0.2) is 0 Å². The second kappa shape index (κ2) is 12.2. The monoisotopic (exact) mass is 370 g/mol. The Hall–Kier alpha value is -0.270. The summed E-state index contributed by atoms with van der Waals surface area (Å²) in [5, 5.41) is 0.758. The SMILES string of the molecule is CC(Cl)OC(=O)OCCCOC(=O)CCCC[C@@H]1CCSS1. The summed E-state index contributed by atoms with van der Waals surface area (Å²) in [6.07, 6.45) is 4.50. The number of esters is 1. The van der Waals surface area contributed by atoms with E-state index < -0.39 is 11.7 Å². The molecule has 0 saturated carbocycles. The number of unbranched alkanes of at least 4 members (excludes halogenated alkanes) is 1. The maximum absolute atomic E-state index is 11.5. The van der Waals surface area contributed by atoms with Crippen LogP contribution < -0.4 is 0 Å². The Morgan fingerprint density at radius 2 is 2.00 bits per heavy atom. The van der Waals surface area contributed by atoms with Crippen LogP contribution in [0, 0.1) is 0 Å². The molecule has 0 spiro atoms. The minimum absolute atomic E-state index is 0.145. The van der Waals surface area contributed by atoms with E-state index in [0.717, 1.165) is 18.1 Å². The first-order chi connectivity index (χ1) is 10.6. The molecule has 0 radical (unpaired) electrons. The van der Waals surface area contributed by atoms with Crippen LogP contribution in [0.1, 0.15) is 45.4 Å². The quantitative estimate of drug-likeness (QED) is 0.245. The highest BCUT2D eigenvalue weighted by Gasteiger charge is 2.16. The van der Waals surface area contributed by atoms with Crippen molar-refractivity contribution in [3.05, 3.63) is 0 Å². The van der Waals surface area contributed by atoms with E-state index in [-0.39, 0.29) is 19.2 Å². The molecule has 1 fully saturated rings. The van der Waals surface area contributed by atoms with Crippen LogP contribution in [-0.4, -0.2) is 41.9 Å². The molecule has 1 heterocycles. The molecular weight excluding hydrogens is 348 g/mol. The first-order valence-electron chi connectivity index (χ1n) is 7.49.